The maximum atomic E-state index is 12.3. The Morgan fingerprint density at radius 3 is 2.67 bits per heavy atom. The van der Waals surface area contributed by atoms with Gasteiger partial charge >= 0.3 is 0 Å². The number of hydrogen-bond donors (Lipinski definition) is 1. The van der Waals surface area contributed by atoms with E-state index in [1.807, 2.05) is 18.2 Å². The monoisotopic (exact) mass is 307 g/mol. The van der Waals surface area contributed by atoms with Crippen LogP contribution in [0.1, 0.15) is 28.8 Å². The Hall–Kier alpha value is -1.69. The van der Waals surface area contributed by atoms with Crippen LogP contribution in [0.25, 0.3) is 0 Å². The maximum Gasteiger partial charge on any atom is 0.224 e. The highest BCUT2D eigenvalue weighted by Gasteiger charge is 2.33. The minimum absolute atomic E-state index is 0.00991. The molecule has 0 bridgehead atoms. The molecule has 1 aliphatic carbocycles. The van der Waals surface area contributed by atoms with Gasteiger partial charge < -0.3 is 5.32 Å². The third kappa shape index (κ3) is 3.00. The van der Waals surface area contributed by atoms with Crippen LogP contribution in [-0.2, 0) is 21.1 Å². The van der Waals surface area contributed by atoms with E-state index in [9.17, 15) is 18.0 Å². The van der Waals surface area contributed by atoms with Crippen molar-refractivity contribution < 1.29 is 18.0 Å². The van der Waals surface area contributed by atoms with E-state index < -0.39 is 15.8 Å². The summed E-state index contributed by atoms with van der Waals surface area (Å²) in [5, 5.41) is 2.79. The van der Waals surface area contributed by atoms with Gasteiger partial charge in [0.25, 0.3) is 0 Å². The molecule has 112 valence electrons. The number of sulfone groups is 1. The molecule has 0 radical (unpaired) electrons. The van der Waals surface area contributed by atoms with E-state index in [1.165, 1.54) is 0 Å². The average molecular weight is 307 g/mol. The van der Waals surface area contributed by atoms with Gasteiger partial charge in [-0.2, -0.15) is 0 Å². The molecule has 5 nitrogen and oxygen atoms in total. The highest BCUT2D eigenvalue weighted by Crippen LogP contribution is 2.26. The van der Waals surface area contributed by atoms with Gasteiger partial charge in [-0.15, -0.1) is 0 Å². The average Bonchev–Trinajstić information content (AvgIpc) is 2.78. The lowest BCUT2D eigenvalue weighted by atomic mass is 9.82. The third-order valence-electron chi connectivity index (χ3n) is 4.17. The van der Waals surface area contributed by atoms with Crippen molar-refractivity contribution in [1.29, 1.82) is 0 Å². The number of rotatable bonds is 2. The summed E-state index contributed by atoms with van der Waals surface area (Å²) in [6.07, 6.45) is 1.20. The molecule has 1 saturated heterocycles. The standard InChI is InChI=1S/C15H17NO4S/c17-14-8-11(7-10-3-1-2-4-13(10)14)15(18)16-12-5-6-21(19,20)9-12/h1-4,11-12H,5-9H2,(H,16,18). The largest absolute Gasteiger partial charge is 0.352 e. The molecule has 2 unspecified atom stereocenters. The molecule has 1 heterocycles. The molecule has 1 aromatic rings. The predicted octanol–water partition coefficient (Wildman–Crippen LogP) is 0.735. The summed E-state index contributed by atoms with van der Waals surface area (Å²) in [5.41, 5.74) is 1.60. The van der Waals surface area contributed by atoms with Crippen molar-refractivity contribution >= 4 is 21.5 Å². The van der Waals surface area contributed by atoms with E-state index in [-0.39, 0.29) is 35.7 Å². The maximum absolute atomic E-state index is 12.3. The summed E-state index contributed by atoms with van der Waals surface area (Å²) >= 11 is 0. The number of nitrogens with one attached hydrogen (secondary N) is 1. The fraction of sp³-hybridized carbons (Fsp3) is 0.467. The second-order valence-corrected chi connectivity index (χ2v) is 8.02. The van der Waals surface area contributed by atoms with Gasteiger partial charge in [-0.3, -0.25) is 9.59 Å². The van der Waals surface area contributed by atoms with Crippen LogP contribution in [0.15, 0.2) is 24.3 Å². The van der Waals surface area contributed by atoms with Crippen LogP contribution in [-0.4, -0.2) is 37.7 Å². The van der Waals surface area contributed by atoms with Gasteiger partial charge in [0.1, 0.15) is 0 Å². The zero-order valence-electron chi connectivity index (χ0n) is 11.5. The Bertz CT molecular complexity index is 695. The van der Waals surface area contributed by atoms with E-state index >= 15 is 0 Å². The normalized spacial score (nSPS) is 27.1. The van der Waals surface area contributed by atoms with Crippen molar-refractivity contribution in [2.45, 2.75) is 25.3 Å². The van der Waals surface area contributed by atoms with Crippen molar-refractivity contribution in [3.05, 3.63) is 35.4 Å². The molecule has 0 aromatic heterocycles. The van der Waals surface area contributed by atoms with Crippen LogP contribution in [0.5, 0.6) is 0 Å². The summed E-state index contributed by atoms with van der Waals surface area (Å²) in [6.45, 7) is 0. The summed E-state index contributed by atoms with van der Waals surface area (Å²) in [7, 11) is -3.01. The molecule has 3 rings (SSSR count). The van der Waals surface area contributed by atoms with Crippen LogP contribution in [0, 0.1) is 5.92 Å². The molecule has 21 heavy (non-hydrogen) atoms. The number of carbonyl (C=O) groups is 2. The minimum Gasteiger partial charge on any atom is -0.352 e. The molecule has 0 saturated carbocycles. The zero-order valence-corrected chi connectivity index (χ0v) is 12.4. The molecule has 1 aromatic carbocycles. The second kappa shape index (κ2) is 5.26. The van der Waals surface area contributed by atoms with Crippen LogP contribution in [0.2, 0.25) is 0 Å². The Morgan fingerprint density at radius 1 is 1.19 bits per heavy atom. The molecule has 6 heteroatoms. The summed E-state index contributed by atoms with van der Waals surface area (Å²) < 4.78 is 22.8. The lowest BCUT2D eigenvalue weighted by molar-refractivity contribution is -0.125. The number of Topliss-reactive ketones (excluding diaryl/α,β-unsaturated/α-hetero) is 1. The van der Waals surface area contributed by atoms with E-state index in [2.05, 4.69) is 5.32 Å². The van der Waals surface area contributed by atoms with Gasteiger partial charge in [-0.05, 0) is 18.4 Å². The van der Waals surface area contributed by atoms with Gasteiger partial charge in [-0.1, -0.05) is 24.3 Å². The van der Waals surface area contributed by atoms with Gasteiger partial charge in [0.05, 0.1) is 11.5 Å². The molecular weight excluding hydrogens is 290 g/mol. The first-order chi connectivity index (χ1) is 9.94. The Balaban J connectivity index is 1.69. The lowest BCUT2D eigenvalue weighted by Gasteiger charge is -2.24. The van der Waals surface area contributed by atoms with Crippen molar-refractivity contribution in [3.63, 3.8) is 0 Å². The number of carbonyl (C=O) groups excluding carboxylic acids is 2. The third-order valence-corrected chi connectivity index (χ3v) is 5.93. The molecule has 2 atom stereocenters. The van der Waals surface area contributed by atoms with E-state index in [1.54, 1.807) is 6.07 Å². The van der Waals surface area contributed by atoms with Crippen LogP contribution < -0.4 is 5.32 Å². The van der Waals surface area contributed by atoms with Crippen LogP contribution in [0.4, 0.5) is 0 Å². The van der Waals surface area contributed by atoms with Crippen molar-refractivity contribution in [2.75, 3.05) is 11.5 Å². The second-order valence-electron chi connectivity index (χ2n) is 5.79. The van der Waals surface area contributed by atoms with Crippen molar-refractivity contribution in [1.82, 2.24) is 5.32 Å². The number of benzene rings is 1. The lowest BCUT2D eigenvalue weighted by Crippen LogP contribution is -2.42. The van der Waals surface area contributed by atoms with Gasteiger partial charge in [-0.25, -0.2) is 8.42 Å². The zero-order chi connectivity index (χ0) is 15.0. The first-order valence-electron chi connectivity index (χ1n) is 7.06. The summed E-state index contributed by atoms with van der Waals surface area (Å²) in [6, 6.07) is 7.02. The Labute approximate surface area is 123 Å². The van der Waals surface area contributed by atoms with Gasteiger partial charge in [0, 0.05) is 23.9 Å². The first-order valence-corrected chi connectivity index (χ1v) is 8.89. The highest BCUT2D eigenvalue weighted by atomic mass is 32.2. The fourth-order valence-corrected chi connectivity index (χ4v) is 4.73. The number of fused-ring (bicyclic) bond motifs is 1. The van der Waals surface area contributed by atoms with Crippen LogP contribution >= 0.6 is 0 Å². The molecule has 1 N–H and O–H groups in total. The van der Waals surface area contributed by atoms with E-state index in [4.69, 9.17) is 0 Å². The molecule has 1 fully saturated rings. The van der Waals surface area contributed by atoms with Gasteiger partial charge in [0.2, 0.25) is 5.91 Å². The smallest absolute Gasteiger partial charge is 0.224 e. The van der Waals surface area contributed by atoms with Gasteiger partial charge in [0.15, 0.2) is 15.6 Å². The van der Waals surface area contributed by atoms with Crippen LogP contribution in [0.3, 0.4) is 0 Å². The minimum atomic E-state index is -3.01. The van der Waals surface area contributed by atoms with Crippen molar-refractivity contribution in [2.24, 2.45) is 5.92 Å². The fourth-order valence-electron chi connectivity index (χ4n) is 3.05. The SMILES string of the molecule is O=C1CC(C(=O)NC2CCS(=O)(=O)C2)Cc2ccccc21. The summed E-state index contributed by atoms with van der Waals surface area (Å²) in [4.78, 5) is 24.3. The van der Waals surface area contributed by atoms with E-state index in [0.29, 0.717) is 18.4 Å². The predicted molar refractivity (Wildman–Crippen MR) is 77.8 cm³/mol. The highest BCUT2D eigenvalue weighted by molar-refractivity contribution is 7.91. The van der Waals surface area contributed by atoms with E-state index in [0.717, 1.165) is 5.56 Å². The Morgan fingerprint density at radius 2 is 1.95 bits per heavy atom. The number of hydrogen-bond acceptors (Lipinski definition) is 4. The molecule has 1 amide bonds. The first kappa shape index (κ1) is 14.3. The topological polar surface area (TPSA) is 80.3 Å². The molecular formula is C15H17NO4S. The quantitative estimate of drug-likeness (QED) is 0.873. The number of amides is 1. The Kier molecular flexibility index (Phi) is 3.57. The van der Waals surface area contributed by atoms with Crippen molar-refractivity contribution in [3.8, 4) is 0 Å². The molecule has 1 aliphatic heterocycles. The number of ketones is 1. The molecule has 0 spiro atoms. The summed E-state index contributed by atoms with van der Waals surface area (Å²) in [5.74, 6) is -0.480. The molecule has 2 aliphatic rings.